The molecule has 0 fully saturated rings. The summed E-state index contributed by atoms with van der Waals surface area (Å²) in [6.45, 7) is 2.92. The lowest BCUT2D eigenvalue weighted by Crippen LogP contribution is -2.21. The summed E-state index contributed by atoms with van der Waals surface area (Å²) in [4.78, 5) is 7.92. The monoisotopic (exact) mass is 247 g/mol. The van der Waals surface area contributed by atoms with Gasteiger partial charge in [-0.1, -0.05) is 6.07 Å². The highest BCUT2D eigenvalue weighted by Crippen LogP contribution is 2.17. The largest absolute Gasteiger partial charge is 0.398 e. The van der Waals surface area contributed by atoms with Crippen LogP contribution in [0.2, 0.25) is 0 Å². The van der Waals surface area contributed by atoms with E-state index in [0.29, 0.717) is 0 Å². The molecule has 0 radical (unpaired) electrons. The van der Waals surface area contributed by atoms with Crippen molar-refractivity contribution in [2.24, 2.45) is 0 Å². The first-order valence-electron chi connectivity index (χ1n) is 5.62. The number of hydrogen-bond acceptors (Lipinski definition) is 4. The zero-order chi connectivity index (χ0) is 12.3. The number of rotatable bonds is 4. The Morgan fingerprint density at radius 2 is 2.29 bits per heavy atom. The highest BCUT2D eigenvalue weighted by molar-refractivity contribution is 7.09. The summed E-state index contributed by atoms with van der Waals surface area (Å²) in [6, 6.07) is 6.18. The second-order valence-corrected chi connectivity index (χ2v) is 5.18. The van der Waals surface area contributed by atoms with Crippen molar-refractivity contribution in [2.75, 3.05) is 24.2 Å². The molecule has 0 spiro atoms. The van der Waals surface area contributed by atoms with Crippen LogP contribution < -0.4 is 10.6 Å². The fourth-order valence-corrected chi connectivity index (χ4v) is 2.28. The third-order valence-corrected chi connectivity index (χ3v) is 3.73. The number of anilines is 2. The van der Waals surface area contributed by atoms with Gasteiger partial charge in [0.15, 0.2) is 0 Å². The van der Waals surface area contributed by atoms with Gasteiger partial charge in [-0.3, -0.25) is 0 Å². The normalized spacial score (nSPS) is 10.5. The molecule has 2 N–H and O–H groups in total. The SMILES string of the molecule is Cc1cnc(N(C)CCc2cccs2)cc1N. The number of hydrogen-bond donors (Lipinski definition) is 1. The van der Waals surface area contributed by atoms with Crippen molar-refractivity contribution in [3.8, 4) is 0 Å². The summed E-state index contributed by atoms with van der Waals surface area (Å²) in [5, 5.41) is 2.11. The third kappa shape index (κ3) is 2.97. The Morgan fingerprint density at radius 1 is 1.47 bits per heavy atom. The van der Waals surface area contributed by atoms with E-state index in [1.54, 1.807) is 11.3 Å². The Kier molecular flexibility index (Phi) is 3.64. The highest BCUT2D eigenvalue weighted by Gasteiger charge is 2.05. The second kappa shape index (κ2) is 5.19. The molecule has 0 aliphatic carbocycles. The number of nitrogens with two attached hydrogens (primary N) is 1. The van der Waals surface area contributed by atoms with Crippen LogP contribution in [0.5, 0.6) is 0 Å². The van der Waals surface area contributed by atoms with Crippen LogP contribution in [0.25, 0.3) is 0 Å². The molecule has 0 unspecified atom stereocenters. The molecule has 0 aliphatic heterocycles. The standard InChI is InChI=1S/C13H17N3S/c1-10-9-15-13(8-12(10)14)16(2)6-5-11-4-3-7-17-11/h3-4,7-9H,5-6H2,1-2H3,(H2,14,15). The molecule has 0 saturated heterocycles. The minimum absolute atomic E-state index is 0.804. The summed E-state index contributed by atoms with van der Waals surface area (Å²) in [5.41, 5.74) is 7.72. The molecule has 2 aromatic heterocycles. The second-order valence-electron chi connectivity index (χ2n) is 4.15. The first-order chi connectivity index (χ1) is 8.16. The topological polar surface area (TPSA) is 42.2 Å². The Hall–Kier alpha value is -1.55. The van der Waals surface area contributed by atoms with E-state index in [0.717, 1.165) is 30.0 Å². The van der Waals surface area contributed by atoms with Crippen LogP contribution in [0.15, 0.2) is 29.8 Å². The predicted molar refractivity (Wildman–Crippen MR) is 74.7 cm³/mol. The molecule has 0 atom stereocenters. The van der Waals surface area contributed by atoms with Crippen molar-refractivity contribution < 1.29 is 0 Å². The van der Waals surface area contributed by atoms with Crippen LogP contribution in [0, 0.1) is 6.92 Å². The number of pyridine rings is 1. The lowest BCUT2D eigenvalue weighted by Gasteiger charge is -2.18. The van der Waals surface area contributed by atoms with E-state index in [4.69, 9.17) is 5.73 Å². The Morgan fingerprint density at radius 3 is 2.94 bits per heavy atom. The first-order valence-corrected chi connectivity index (χ1v) is 6.50. The maximum absolute atomic E-state index is 5.88. The van der Waals surface area contributed by atoms with Gasteiger partial charge in [-0.2, -0.15) is 0 Å². The van der Waals surface area contributed by atoms with Crippen LogP contribution in [0.1, 0.15) is 10.4 Å². The third-order valence-electron chi connectivity index (χ3n) is 2.80. The number of nitrogens with zero attached hydrogens (tertiary/aromatic N) is 2. The van der Waals surface area contributed by atoms with Gasteiger partial charge in [-0.25, -0.2) is 4.98 Å². The molecular formula is C13H17N3S. The van der Waals surface area contributed by atoms with Crippen LogP contribution in [-0.4, -0.2) is 18.6 Å². The van der Waals surface area contributed by atoms with Crippen molar-refractivity contribution >= 4 is 22.8 Å². The van der Waals surface area contributed by atoms with Gasteiger partial charge in [0.25, 0.3) is 0 Å². The van der Waals surface area contributed by atoms with Crippen LogP contribution >= 0.6 is 11.3 Å². The van der Waals surface area contributed by atoms with E-state index in [2.05, 4.69) is 27.4 Å². The van der Waals surface area contributed by atoms with Gasteiger partial charge in [-0.15, -0.1) is 11.3 Å². The average Bonchev–Trinajstić information content (AvgIpc) is 2.82. The zero-order valence-electron chi connectivity index (χ0n) is 10.2. The number of thiophene rings is 1. The van der Waals surface area contributed by atoms with Crippen LogP contribution in [0.4, 0.5) is 11.5 Å². The molecule has 0 saturated carbocycles. The molecule has 2 aromatic rings. The van der Waals surface area contributed by atoms with Gasteiger partial charge >= 0.3 is 0 Å². The predicted octanol–water partition coefficient (Wildman–Crippen LogP) is 2.71. The van der Waals surface area contributed by atoms with Crippen molar-refractivity contribution in [2.45, 2.75) is 13.3 Å². The summed E-state index contributed by atoms with van der Waals surface area (Å²) in [7, 11) is 2.05. The van der Waals surface area contributed by atoms with E-state index in [1.807, 2.05) is 26.2 Å². The summed E-state index contributed by atoms with van der Waals surface area (Å²) in [6.07, 6.45) is 2.87. The molecule has 0 bridgehead atoms. The van der Waals surface area contributed by atoms with Gasteiger partial charge in [0.2, 0.25) is 0 Å². The van der Waals surface area contributed by atoms with Crippen LogP contribution in [0.3, 0.4) is 0 Å². The lowest BCUT2D eigenvalue weighted by atomic mass is 10.2. The summed E-state index contributed by atoms with van der Waals surface area (Å²) >= 11 is 1.79. The van der Waals surface area contributed by atoms with Gasteiger partial charge < -0.3 is 10.6 Å². The molecule has 0 aromatic carbocycles. The van der Waals surface area contributed by atoms with Crippen molar-refractivity contribution in [1.29, 1.82) is 0 Å². The quantitative estimate of drug-likeness (QED) is 0.903. The van der Waals surface area contributed by atoms with Gasteiger partial charge in [-0.05, 0) is 30.4 Å². The van der Waals surface area contributed by atoms with E-state index >= 15 is 0 Å². The fraction of sp³-hybridized carbons (Fsp3) is 0.308. The molecule has 3 nitrogen and oxygen atoms in total. The van der Waals surface area contributed by atoms with E-state index < -0.39 is 0 Å². The maximum Gasteiger partial charge on any atom is 0.130 e. The molecule has 0 aliphatic rings. The van der Waals surface area contributed by atoms with Crippen molar-refractivity contribution in [3.05, 3.63) is 40.2 Å². The average molecular weight is 247 g/mol. The lowest BCUT2D eigenvalue weighted by molar-refractivity contribution is 0.869. The smallest absolute Gasteiger partial charge is 0.130 e. The summed E-state index contributed by atoms with van der Waals surface area (Å²) < 4.78 is 0. The number of nitrogen functional groups attached to an aromatic ring is 1. The maximum atomic E-state index is 5.88. The van der Waals surface area contributed by atoms with E-state index in [1.165, 1.54) is 4.88 Å². The molecule has 2 rings (SSSR count). The molecule has 17 heavy (non-hydrogen) atoms. The van der Waals surface area contributed by atoms with Gasteiger partial charge in [0.1, 0.15) is 5.82 Å². The highest BCUT2D eigenvalue weighted by atomic mass is 32.1. The molecule has 4 heteroatoms. The number of aryl methyl sites for hydroxylation is 1. The number of likely N-dealkylation sites (N-methyl/N-ethyl adjacent to an activating group) is 1. The Labute approximate surface area is 106 Å². The van der Waals surface area contributed by atoms with Crippen LogP contribution in [-0.2, 0) is 6.42 Å². The van der Waals surface area contributed by atoms with Crippen molar-refractivity contribution in [1.82, 2.24) is 4.98 Å². The minimum Gasteiger partial charge on any atom is -0.398 e. The van der Waals surface area contributed by atoms with Gasteiger partial charge in [0, 0.05) is 36.4 Å². The van der Waals surface area contributed by atoms with E-state index in [9.17, 15) is 0 Å². The number of aromatic nitrogens is 1. The van der Waals surface area contributed by atoms with E-state index in [-0.39, 0.29) is 0 Å². The van der Waals surface area contributed by atoms with Gasteiger partial charge in [0.05, 0.1) is 0 Å². The Balaban J connectivity index is 1.99. The fourth-order valence-electron chi connectivity index (χ4n) is 1.58. The minimum atomic E-state index is 0.804. The molecule has 2 heterocycles. The molecule has 0 amide bonds. The Bertz CT molecular complexity index is 479. The first kappa shape index (κ1) is 11.9. The molecular weight excluding hydrogens is 230 g/mol. The summed E-state index contributed by atoms with van der Waals surface area (Å²) in [5.74, 6) is 0.935. The van der Waals surface area contributed by atoms with Crippen molar-refractivity contribution in [3.63, 3.8) is 0 Å². The zero-order valence-corrected chi connectivity index (χ0v) is 11.0. The molecule has 90 valence electrons.